The average molecular weight is 275 g/mol. The molecule has 1 aromatic carbocycles. The van der Waals surface area contributed by atoms with Crippen molar-refractivity contribution in [2.24, 2.45) is 0 Å². The van der Waals surface area contributed by atoms with Gasteiger partial charge in [0.05, 0.1) is 0 Å². The van der Waals surface area contributed by atoms with E-state index in [4.69, 9.17) is 0 Å². The number of aryl methyl sites for hydroxylation is 2. The van der Waals surface area contributed by atoms with Crippen molar-refractivity contribution < 1.29 is 0 Å². The van der Waals surface area contributed by atoms with E-state index in [1.165, 1.54) is 34.9 Å². The van der Waals surface area contributed by atoms with Crippen LogP contribution in [0.2, 0.25) is 4.47 Å². The molecule has 0 heterocycles. The fourth-order valence-electron chi connectivity index (χ4n) is 1.31. The van der Waals surface area contributed by atoms with Gasteiger partial charge in [-0.3, -0.25) is 0 Å². The van der Waals surface area contributed by atoms with Gasteiger partial charge in [0.25, 0.3) is 0 Å². The summed E-state index contributed by atoms with van der Waals surface area (Å²) in [5, 5.41) is 0. The van der Waals surface area contributed by atoms with Gasteiger partial charge in [-0.25, -0.2) is 0 Å². The molecule has 0 bridgehead atoms. The van der Waals surface area contributed by atoms with E-state index in [2.05, 4.69) is 53.5 Å². The van der Waals surface area contributed by atoms with E-state index in [-0.39, 0.29) is 0 Å². The Kier molecular flexibility index (Phi) is 4.73. The van der Waals surface area contributed by atoms with Crippen molar-refractivity contribution >= 4 is 22.3 Å². The molecule has 0 unspecified atom stereocenters. The monoisotopic (exact) mass is 277 g/mol. The predicted molar refractivity (Wildman–Crippen MR) is 54.7 cm³/mol. The summed E-state index contributed by atoms with van der Waals surface area (Å²) in [7, 11) is 0. The predicted octanol–water partition coefficient (Wildman–Crippen LogP) is 2.90. The molecular formula is C11H15Te. The van der Waals surface area contributed by atoms with E-state index in [1.54, 1.807) is 0 Å². The van der Waals surface area contributed by atoms with Crippen molar-refractivity contribution in [2.45, 2.75) is 30.7 Å². The molecule has 65 valence electrons. The molecule has 0 aliphatic rings. The minimum atomic E-state index is 1.25. The molecule has 0 atom stereocenters. The van der Waals surface area contributed by atoms with Crippen molar-refractivity contribution in [3.63, 3.8) is 0 Å². The van der Waals surface area contributed by atoms with Crippen LogP contribution in [0.4, 0.5) is 0 Å². The van der Waals surface area contributed by atoms with Crippen LogP contribution >= 0.6 is 0 Å². The first-order valence-corrected chi connectivity index (χ1v) is 6.12. The van der Waals surface area contributed by atoms with Gasteiger partial charge >= 0.3 is 88.3 Å². The zero-order valence-corrected chi connectivity index (χ0v) is 9.88. The number of rotatable bonds is 4. The topological polar surface area (TPSA) is 0 Å². The molecule has 0 spiro atoms. The summed E-state index contributed by atoms with van der Waals surface area (Å²) in [6.07, 6.45) is 3.95. The first kappa shape index (κ1) is 10.1. The number of hydrogen-bond donors (Lipinski definition) is 0. The summed E-state index contributed by atoms with van der Waals surface area (Å²) in [5.74, 6) is 0. The molecule has 0 fully saturated rings. The summed E-state index contributed by atoms with van der Waals surface area (Å²) < 4.78 is 1.32. The van der Waals surface area contributed by atoms with Crippen LogP contribution < -0.4 is 0 Å². The molecule has 0 aliphatic carbocycles. The first-order valence-electron chi connectivity index (χ1n) is 4.47. The van der Waals surface area contributed by atoms with Crippen LogP contribution in [0.1, 0.15) is 24.0 Å². The average Bonchev–Trinajstić information content (AvgIpc) is 2.09. The summed E-state index contributed by atoms with van der Waals surface area (Å²) in [6.45, 7) is 2.20. The Morgan fingerprint density at radius 1 is 1.17 bits per heavy atom. The second kappa shape index (κ2) is 5.62. The van der Waals surface area contributed by atoms with E-state index < -0.39 is 0 Å². The van der Waals surface area contributed by atoms with E-state index in [1.807, 2.05) is 0 Å². The first-order chi connectivity index (χ1) is 5.84. The Morgan fingerprint density at radius 2 is 1.92 bits per heavy atom. The van der Waals surface area contributed by atoms with Crippen molar-refractivity contribution in [3.8, 4) is 0 Å². The molecule has 0 saturated heterocycles. The maximum absolute atomic E-state index is 2.24. The number of unbranched alkanes of at least 4 members (excludes halogenated alkanes) is 1. The molecule has 12 heavy (non-hydrogen) atoms. The van der Waals surface area contributed by atoms with Crippen molar-refractivity contribution in [3.05, 3.63) is 35.4 Å². The van der Waals surface area contributed by atoms with Crippen LogP contribution in [0, 0.1) is 6.92 Å². The zero-order chi connectivity index (χ0) is 8.81. The molecule has 1 rings (SSSR count). The van der Waals surface area contributed by atoms with Crippen LogP contribution in [0.15, 0.2) is 24.3 Å². The van der Waals surface area contributed by atoms with Gasteiger partial charge < -0.3 is 0 Å². The number of benzene rings is 1. The van der Waals surface area contributed by atoms with Crippen molar-refractivity contribution in [1.82, 2.24) is 0 Å². The molecule has 0 saturated carbocycles. The third-order valence-corrected chi connectivity index (χ3v) is 2.93. The molecule has 1 heteroatoms. The molecule has 0 amide bonds. The van der Waals surface area contributed by atoms with Crippen LogP contribution in [0.5, 0.6) is 0 Å². The van der Waals surface area contributed by atoms with E-state index in [0.29, 0.717) is 0 Å². The van der Waals surface area contributed by atoms with Gasteiger partial charge in [-0.1, -0.05) is 0 Å². The molecular weight excluding hydrogens is 260 g/mol. The third kappa shape index (κ3) is 3.17. The number of hydrogen-bond acceptors (Lipinski definition) is 0. The summed E-state index contributed by atoms with van der Waals surface area (Å²) >= 11 is 2.18. The van der Waals surface area contributed by atoms with Crippen molar-refractivity contribution in [2.75, 3.05) is 0 Å². The summed E-state index contributed by atoms with van der Waals surface area (Å²) in [4.78, 5) is 0. The Bertz CT molecular complexity index is 230. The zero-order valence-electron chi connectivity index (χ0n) is 7.55. The van der Waals surface area contributed by atoms with Crippen LogP contribution in [0.25, 0.3) is 0 Å². The molecule has 1 aromatic rings. The van der Waals surface area contributed by atoms with Gasteiger partial charge in [-0.15, -0.1) is 0 Å². The van der Waals surface area contributed by atoms with Gasteiger partial charge in [0, 0.05) is 0 Å². The molecule has 0 aromatic heterocycles. The van der Waals surface area contributed by atoms with E-state index in [9.17, 15) is 0 Å². The summed E-state index contributed by atoms with van der Waals surface area (Å²) in [6, 6.07) is 8.68. The summed E-state index contributed by atoms with van der Waals surface area (Å²) in [5.41, 5.74) is 2.96. The Morgan fingerprint density at radius 3 is 2.58 bits per heavy atom. The fourth-order valence-corrected chi connectivity index (χ4v) is 1.89. The van der Waals surface area contributed by atoms with Crippen molar-refractivity contribution in [1.29, 1.82) is 0 Å². The second-order valence-corrected chi connectivity index (χ2v) is 4.25. The van der Waals surface area contributed by atoms with E-state index in [0.717, 1.165) is 0 Å². The van der Waals surface area contributed by atoms with Gasteiger partial charge in [0.2, 0.25) is 0 Å². The standard InChI is InChI=1S/C11H15Te/c1-10-6-2-3-7-11(10)8-4-5-9-12/h2-3,6-7H,4-5,8-9H2,1H3. The van der Waals surface area contributed by atoms with Gasteiger partial charge in [-0.05, 0) is 0 Å². The Balaban J connectivity index is 2.46. The Hall–Kier alpha value is 0.00961. The fraction of sp³-hybridized carbons (Fsp3) is 0.455. The molecule has 0 nitrogen and oxygen atoms in total. The van der Waals surface area contributed by atoms with Crippen LogP contribution in [-0.2, 0) is 6.42 Å². The third-order valence-electron chi connectivity index (χ3n) is 2.10. The van der Waals surface area contributed by atoms with E-state index >= 15 is 0 Å². The Labute approximate surface area is 88.3 Å². The molecule has 1 radical (unpaired) electrons. The van der Waals surface area contributed by atoms with Gasteiger partial charge in [0.15, 0.2) is 0 Å². The quantitative estimate of drug-likeness (QED) is 0.585. The van der Waals surface area contributed by atoms with Crippen LogP contribution in [-0.4, -0.2) is 22.3 Å². The normalized spacial score (nSPS) is 10.2. The van der Waals surface area contributed by atoms with Gasteiger partial charge in [0.1, 0.15) is 0 Å². The second-order valence-electron chi connectivity index (χ2n) is 3.09. The van der Waals surface area contributed by atoms with Gasteiger partial charge in [-0.2, -0.15) is 0 Å². The molecule has 0 aliphatic heterocycles. The minimum absolute atomic E-state index is 1.25. The van der Waals surface area contributed by atoms with Crippen LogP contribution in [0.3, 0.4) is 0 Å². The maximum atomic E-state index is 2.24. The molecule has 0 N–H and O–H groups in total. The SMILES string of the molecule is Cc1ccccc1CCCC[Te].